The zero-order chi connectivity index (χ0) is 15.9. The van der Waals surface area contributed by atoms with E-state index in [1.54, 1.807) is 14.2 Å². The molecule has 5 heteroatoms. The SMILES string of the molecule is COc1ccc([C@@H]2CC(=O)C[C@@H](CCCCO)N2)cc1OC. The molecule has 1 aromatic rings. The number of nitrogens with one attached hydrogen (secondary N) is 1. The Morgan fingerprint density at radius 3 is 2.64 bits per heavy atom. The number of piperidine rings is 1. The van der Waals surface area contributed by atoms with Crippen LogP contribution in [0.3, 0.4) is 0 Å². The largest absolute Gasteiger partial charge is 0.493 e. The van der Waals surface area contributed by atoms with Crippen LogP contribution in [-0.4, -0.2) is 37.8 Å². The Balaban J connectivity index is 2.08. The van der Waals surface area contributed by atoms with Crippen molar-refractivity contribution >= 4 is 5.78 Å². The molecule has 0 unspecified atom stereocenters. The topological polar surface area (TPSA) is 67.8 Å². The normalized spacial score (nSPS) is 21.7. The molecular formula is C17H25NO4. The Hall–Kier alpha value is -1.59. The lowest BCUT2D eigenvalue weighted by atomic mass is 9.90. The lowest BCUT2D eigenvalue weighted by molar-refractivity contribution is -0.121. The van der Waals surface area contributed by atoms with E-state index in [4.69, 9.17) is 14.6 Å². The van der Waals surface area contributed by atoms with E-state index in [-0.39, 0.29) is 24.5 Å². The zero-order valence-electron chi connectivity index (χ0n) is 13.3. The summed E-state index contributed by atoms with van der Waals surface area (Å²) in [7, 11) is 3.22. The van der Waals surface area contributed by atoms with Crippen LogP contribution in [0.15, 0.2) is 18.2 Å². The number of ketones is 1. The number of rotatable bonds is 7. The summed E-state index contributed by atoms with van der Waals surface area (Å²) in [5.41, 5.74) is 1.04. The summed E-state index contributed by atoms with van der Waals surface area (Å²) in [6.45, 7) is 0.208. The number of Topliss-reactive ketones (excluding diaryl/α,β-unsaturated/α-hetero) is 1. The molecule has 5 nitrogen and oxygen atoms in total. The van der Waals surface area contributed by atoms with E-state index in [0.717, 1.165) is 24.8 Å². The molecule has 122 valence electrons. The van der Waals surface area contributed by atoms with Crippen LogP contribution < -0.4 is 14.8 Å². The molecule has 2 atom stereocenters. The highest BCUT2D eigenvalue weighted by molar-refractivity contribution is 5.80. The van der Waals surface area contributed by atoms with E-state index in [9.17, 15) is 4.79 Å². The van der Waals surface area contributed by atoms with Crippen molar-refractivity contribution in [2.24, 2.45) is 0 Å². The summed E-state index contributed by atoms with van der Waals surface area (Å²) in [6, 6.07) is 5.98. The van der Waals surface area contributed by atoms with Gasteiger partial charge in [-0.3, -0.25) is 4.79 Å². The molecule has 1 aliphatic heterocycles. The molecule has 1 aliphatic rings. The molecule has 0 aliphatic carbocycles. The lowest BCUT2D eigenvalue weighted by Crippen LogP contribution is -2.40. The lowest BCUT2D eigenvalue weighted by Gasteiger charge is -2.31. The van der Waals surface area contributed by atoms with E-state index in [1.165, 1.54) is 0 Å². The van der Waals surface area contributed by atoms with Crippen molar-refractivity contribution in [2.75, 3.05) is 20.8 Å². The highest BCUT2D eigenvalue weighted by Crippen LogP contribution is 2.33. The van der Waals surface area contributed by atoms with Crippen molar-refractivity contribution in [3.05, 3.63) is 23.8 Å². The summed E-state index contributed by atoms with van der Waals surface area (Å²) in [5, 5.41) is 12.4. The maximum Gasteiger partial charge on any atom is 0.161 e. The number of carbonyl (C=O) groups excluding carboxylic acids is 1. The van der Waals surface area contributed by atoms with Crippen molar-refractivity contribution in [1.29, 1.82) is 0 Å². The Morgan fingerprint density at radius 2 is 1.95 bits per heavy atom. The second kappa shape index (κ2) is 8.15. The van der Waals surface area contributed by atoms with Crippen LogP contribution in [0.1, 0.15) is 43.7 Å². The minimum atomic E-state index is 0.0141. The van der Waals surface area contributed by atoms with Crippen molar-refractivity contribution in [3.63, 3.8) is 0 Å². The van der Waals surface area contributed by atoms with E-state index >= 15 is 0 Å². The first-order valence-electron chi connectivity index (χ1n) is 7.78. The number of ether oxygens (including phenoxy) is 2. The van der Waals surface area contributed by atoms with Gasteiger partial charge in [0.25, 0.3) is 0 Å². The smallest absolute Gasteiger partial charge is 0.161 e. The van der Waals surface area contributed by atoms with Gasteiger partial charge in [0.15, 0.2) is 11.5 Å². The van der Waals surface area contributed by atoms with Gasteiger partial charge in [0.05, 0.1) is 14.2 Å². The van der Waals surface area contributed by atoms with E-state index < -0.39 is 0 Å². The molecule has 0 spiro atoms. The summed E-state index contributed by atoms with van der Waals surface area (Å²) < 4.78 is 10.6. The molecule has 0 bridgehead atoms. The predicted octanol–water partition coefficient (Wildman–Crippen LogP) is 2.23. The number of methoxy groups -OCH3 is 2. The van der Waals surface area contributed by atoms with Gasteiger partial charge in [-0.25, -0.2) is 0 Å². The predicted molar refractivity (Wildman–Crippen MR) is 84.4 cm³/mol. The number of benzene rings is 1. The van der Waals surface area contributed by atoms with Crippen molar-refractivity contribution in [1.82, 2.24) is 5.32 Å². The highest BCUT2D eigenvalue weighted by Gasteiger charge is 2.27. The van der Waals surface area contributed by atoms with Crippen LogP contribution >= 0.6 is 0 Å². The van der Waals surface area contributed by atoms with Crippen LogP contribution in [0.4, 0.5) is 0 Å². The molecule has 22 heavy (non-hydrogen) atoms. The Labute approximate surface area is 131 Å². The average molecular weight is 307 g/mol. The Kier molecular flexibility index (Phi) is 6.21. The minimum Gasteiger partial charge on any atom is -0.493 e. The fraction of sp³-hybridized carbons (Fsp3) is 0.588. The zero-order valence-corrected chi connectivity index (χ0v) is 13.3. The molecule has 1 aromatic carbocycles. The Morgan fingerprint density at radius 1 is 1.18 bits per heavy atom. The summed E-state index contributed by atoms with van der Waals surface area (Å²) in [5.74, 6) is 1.65. The maximum absolute atomic E-state index is 12.0. The van der Waals surface area contributed by atoms with Gasteiger partial charge in [-0.05, 0) is 37.0 Å². The maximum atomic E-state index is 12.0. The standard InChI is InChI=1S/C17H25NO4/c1-21-16-7-6-12(9-17(16)22-2)15-11-14(20)10-13(18-15)5-3-4-8-19/h6-7,9,13,15,18-19H,3-5,8,10-11H2,1-2H3/t13-,15+/m1/s1. The van der Waals surface area contributed by atoms with E-state index in [0.29, 0.717) is 24.3 Å². The number of aliphatic hydroxyl groups is 1. The molecule has 0 amide bonds. The van der Waals surface area contributed by atoms with Crippen LogP contribution in [-0.2, 0) is 4.79 Å². The summed E-state index contributed by atoms with van der Waals surface area (Å²) in [6.07, 6.45) is 3.71. The monoisotopic (exact) mass is 307 g/mol. The number of carbonyl (C=O) groups is 1. The fourth-order valence-corrected chi connectivity index (χ4v) is 2.96. The third-order valence-electron chi connectivity index (χ3n) is 4.11. The first-order valence-corrected chi connectivity index (χ1v) is 7.78. The number of aliphatic hydroxyl groups excluding tert-OH is 1. The third-order valence-corrected chi connectivity index (χ3v) is 4.11. The van der Waals surface area contributed by atoms with Gasteiger partial charge in [0.1, 0.15) is 5.78 Å². The summed E-state index contributed by atoms with van der Waals surface area (Å²) in [4.78, 5) is 12.0. The first kappa shape index (κ1) is 16.8. The van der Waals surface area contributed by atoms with Gasteiger partial charge in [-0.15, -0.1) is 0 Å². The molecule has 1 fully saturated rings. The van der Waals surface area contributed by atoms with Gasteiger partial charge >= 0.3 is 0 Å². The molecule has 0 aromatic heterocycles. The fourth-order valence-electron chi connectivity index (χ4n) is 2.96. The average Bonchev–Trinajstić information content (AvgIpc) is 2.54. The van der Waals surface area contributed by atoms with Gasteiger partial charge in [0.2, 0.25) is 0 Å². The molecular weight excluding hydrogens is 282 g/mol. The second-order valence-electron chi connectivity index (χ2n) is 5.70. The van der Waals surface area contributed by atoms with Crippen molar-refractivity contribution < 1.29 is 19.4 Å². The quantitative estimate of drug-likeness (QED) is 0.756. The second-order valence-corrected chi connectivity index (χ2v) is 5.70. The first-order chi connectivity index (χ1) is 10.7. The summed E-state index contributed by atoms with van der Waals surface area (Å²) >= 11 is 0. The van der Waals surface area contributed by atoms with E-state index in [1.807, 2.05) is 18.2 Å². The van der Waals surface area contributed by atoms with Gasteiger partial charge in [-0.2, -0.15) is 0 Å². The van der Waals surface area contributed by atoms with Gasteiger partial charge < -0.3 is 19.9 Å². The minimum absolute atomic E-state index is 0.0141. The van der Waals surface area contributed by atoms with E-state index in [2.05, 4.69) is 5.32 Å². The number of hydrogen-bond donors (Lipinski definition) is 2. The number of unbranched alkanes of at least 4 members (excludes halogenated alkanes) is 1. The van der Waals surface area contributed by atoms with Crippen LogP contribution in [0, 0.1) is 0 Å². The van der Waals surface area contributed by atoms with Crippen molar-refractivity contribution in [3.8, 4) is 11.5 Å². The molecule has 2 rings (SSSR count). The molecule has 0 saturated carbocycles. The van der Waals surface area contributed by atoms with Crippen LogP contribution in [0.2, 0.25) is 0 Å². The van der Waals surface area contributed by atoms with Gasteiger partial charge in [-0.1, -0.05) is 6.07 Å². The molecule has 2 N–H and O–H groups in total. The molecule has 1 heterocycles. The molecule has 0 radical (unpaired) electrons. The highest BCUT2D eigenvalue weighted by atomic mass is 16.5. The van der Waals surface area contributed by atoms with Crippen LogP contribution in [0.25, 0.3) is 0 Å². The van der Waals surface area contributed by atoms with Crippen molar-refractivity contribution in [2.45, 2.75) is 44.2 Å². The third kappa shape index (κ3) is 4.21. The molecule has 1 saturated heterocycles. The van der Waals surface area contributed by atoms with Gasteiger partial charge in [0, 0.05) is 31.5 Å². The van der Waals surface area contributed by atoms with Crippen LogP contribution in [0.5, 0.6) is 11.5 Å². The number of hydrogen-bond acceptors (Lipinski definition) is 5. The Bertz CT molecular complexity index is 503.